The fourth-order valence-electron chi connectivity index (χ4n) is 1.33. The Morgan fingerprint density at radius 2 is 1.35 bits per heavy atom. The molecule has 17 heavy (non-hydrogen) atoms. The molecule has 0 radical (unpaired) electrons. The highest BCUT2D eigenvalue weighted by Crippen LogP contribution is 2.24. The highest BCUT2D eigenvalue weighted by Gasteiger charge is 2.36. The quantitative estimate of drug-likeness (QED) is 0.444. The number of hydrogen-bond acceptors (Lipinski definition) is 3. The van der Waals surface area contributed by atoms with E-state index in [-0.39, 0.29) is 0 Å². The van der Waals surface area contributed by atoms with Crippen molar-refractivity contribution in [3.05, 3.63) is 38.0 Å². The van der Waals surface area contributed by atoms with E-state index in [1.54, 1.807) is 18.2 Å². The van der Waals surface area contributed by atoms with Crippen LogP contribution in [-0.2, 0) is 13.3 Å². The van der Waals surface area contributed by atoms with E-state index in [0.717, 1.165) is 0 Å². The zero-order valence-corrected chi connectivity index (χ0v) is 12.2. The molecular weight excluding hydrogens is 232 g/mol. The highest BCUT2D eigenvalue weighted by molar-refractivity contribution is 6.59. The van der Waals surface area contributed by atoms with Gasteiger partial charge in [-0.3, -0.25) is 0 Å². The lowest BCUT2D eigenvalue weighted by atomic mass is 9.90. The van der Waals surface area contributed by atoms with Gasteiger partial charge in [0.25, 0.3) is 0 Å². The van der Waals surface area contributed by atoms with Gasteiger partial charge in [0.2, 0.25) is 0 Å². The Hall–Kier alpha value is -0.683. The van der Waals surface area contributed by atoms with Crippen molar-refractivity contribution in [1.29, 1.82) is 0 Å². The van der Waals surface area contributed by atoms with Gasteiger partial charge in [0, 0.05) is 25.2 Å². The van der Waals surface area contributed by atoms with Crippen molar-refractivity contribution in [2.45, 2.75) is 20.4 Å². The zero-order chi connectivity index (χ0) is 13.4. The third-order valence-electron chi connectivity index (χ3n) is 2.54. The van der Waals surface area contributed by atoms with Gasteiger partial charge >= 0.3 is 8.80 Å². The molecule has 0 rings (SSSR count). The smallest absolute Gasteiger partial charge is 0.374 e. The fraction of sp³-hybridized carbons (Fsp3) is 0.538. The molecule has 0 aliphatic heterocycles. The minimum absolute atomic E-state index is 0.395. The summed E-state index contributed by atoms with van der Waals surface area (Å²) < 4.78 is 17.0. The Labute approximate surface area is 106 Å². The average molecular weight is 256 g/mol. The molecule has 0 unspecified atom stereocenters. The summed E-state index contributed by atoms with van der Waals surface area (Å²) in [5.41, 5.74) is -0.428. The maximum absolute atomic E-state index is 5.83. The van der Waals surface area contributed by atoms with Gasteiger partial charge in [0.05, 0.1) is 6.61 Å². The largest absolute Gasteiger partial charge is 0.497 e. The van der Waals surface area contributed by atoms with E-state index in [2.05, 4.69) is 19.7 Å². The second-order valence-corrected chi connectivity index (χ2v) is 6.33. The number of hydrogen-bond donors (Lipinski definition) is 0. The SMILES string of the molecule is C=CC(C=C)(C=C)CO[Si](C)(OCC)OCC. The van der Waals surface area contributed by atoms with Crippen molar-refractivity contribution in [3.8, 4) is 0 Å². The Morgan fingerprint density at radius 3 is 1.65 bits per heavy atom. The van der Waals surface area contributed by atoms with Gasteiger partial charge in [-0.2, -0.15) is 0 Å². The van der Waals surface area contributed by atoms with Gasteiger partial charge in [0.15, 0.2) is 0 Å². The third-order valence-corrected chi connectivity index (χ3v) is 4.83. The van der Waals surface area contributed by atoms with Gasteiger partial charge in [-0.25, -0.2) is 0 Å². The van der Waals surface area contributed by atoms with Crippen LogP contribution in [0.3, 0.4) is 0 Å². The first-order valence-electron chi connectivity index (χ1n) is 5.84. The van der Waals surface area contributed by atoms with E-state index in [1.165, 1.54) is 0 Å². The van der Waals surface area contributed by atoms with E-state index < -0.39 is 14.2 Å². The lowest BCUT2D eigenvalue weighted by molar-refractivity contribution is 0.0624. The minimum atomic E-state index is -2.55. The van der Waals surface area contributed by atoms with Gasteiger partial charge in [-0.05, 0) is 13.8 Å². The van der Waals surface area contributed by atoms with Gasteiger partial charge < -0.3 is 13.3 Å². The molecule has 0 aromatic rings. The van der Waals surface area contributed by atoms with E-state index >= 15 is 0 Å². The summed E-state index contributed by atoms with van der Waals surface area (Å²) in [6, 6.07) is 0. The fourth-order valence-corrected chi connectivity index (χ4v) is 3.14. The van der Waals surface area contributed by atoms with Crippen molar-refractivity contribution in [2.75, 3.05) is 19.8 Å². The maximum atomic E-state index is 5.83. The molecule has 0 aliphatic carbocycles. The molecule has 0 spiro atoms. The van der Waals surface area contributed by atoms with Crippen LogP contribution in [0.1, 0.15) is 13.8 Å². The van der Waals surface area contributed by atoms with Crippen LogP contribution in [0.2, 0.25) is 6.55 Å². The zero-order valence-electron chi connectivity index (χ0n) is 11.2. The number of rotatable bonds is 10. The molecule has 3 nitrogen and oxygen atoms in total. The molecule has 0 bridgehead atoms. The van der Waals surface area contributed by atoms with Crippen LogP contribution < -0.4 is 0 Å². The molecule has 0 aliphatic rings. The minimum Gasteiger partial charge on any atom is -0.374 e. The van der Waals surface area contributed by atoms with Gasteiger partial charge in [0.1, 0.15) is 0 Å². The summed E-state index contributed by atoms with van der Waals surface area (Å²) in [5, 5.41) is 0. The Balaban J connectivity index is 4.62. The monoisotopic (exact) mass is 256 g/mol. The van der Waals surface area contributed by atoms with Crippen molar-refractivity contribution >= 4 is 8.80 Å². The van der Waals surface area contributed by atoms with Crippen LogP contribution in [0.5, 0.6) is 0 Å². The molecule has 98 valence electrons. The molecule has 0 amide bonds. The van der Waals surface area contributed by atoms with E-state index in [0.29, 0.717) is 19.8 Å². The van der Waals surface area contributed by atoms with Crippen molar-refractivity contribution < 1.29 is 13.3 Å². The molecule has 0 atom stereocenters. The molecule has 4 heteroatoms. The third kappa shape index (κ3) is 5.00. The van der Waals surface area contributed by atoms with Crippen LogP contribution in [0.15, 0.2) is 38.0 Å². The molecular formula is C13H24O3Si. The molecule has 0 fully saturated rings. The van der Waals surface area contributed by atoms with Crippen molar-refractivity contribution in [3.63, 3.8) is 0 Å². The maximum Gasteiger partial charge on any atom is 0.497 e. The Bertz CT molecular complexity index is 236. The van der Waals surface area contributed by atoms with E-state index in [4.69, 9.17) is 13.3 Å². The van der Waals surface area contributed by atoms with Crippen molar-refractivity contribution in [1.82, 2.24) is 0 Å². The molecule has 0 heterocycles. The molecule has 0 saturated carbocycles. The van der Waals surface area contributed by atoms with Crippen LogP contribution in [0.25, 0.3) is 0 Å². The van der Waals surface area contributed by atoms with E-state index in [9.17, 15) is 0 Å². The summed E-state index contributed by atoms with van der Waals surface area (Å²) in [6.45, 7) is 18.6. The predicted molar refractivity (Wildman–Crippen MR) is 73.8 cm³/mol. The summed E-state index contributed by atoms with van der Waals surface area (Å²) in [5.74, 6) is 0. The average Bonchev–Trinajstić information content (AvgIpc) is 2.32. The van der Waals surface area contributed by atoms with Crippen LogP contribution >= 0.6 is 0 Å². The normalized spacial score (nSPS) is 12.2. The van der Waals surface area contributed by atoms with Gasteiger partial charge in [-0.1, -0.05) is 18.2 Å². The first kappa shape index (κ1) is 16.3. The summed E-state index contributed by atoms with van der Waals surface area (Å²) >= 11 is 0. The summed E-state index contributed by atoms with van der Waals surface area (Å²) in [6.07, 6.45) is 5.29. The summed E-state index contributed by atoms with van der Waals surface area (Å²) in [4.78, 5) is 0. The molecule has 0 aromatic carbocycles. The lowest BCUT2D eigenvalue weighted by Gasteiger charge is -2.30. The van der Waals surface area contributed by atoms with Crippen molar-refractivity contribution in [2.24, 2.45) is 5.41 Å². The van der Waals surface area contributed by atoms with E-state index in [1.807, 2.05) is 20.4 Å². The highest BCUT2D eigenvalue weighted by atomic mass is 28.4. The Kier molecular flexibility index (Phi) is 7.30. The second kappa shape index (κ2) is 7.61. The molecule has 0 saturated heterocycles. The second-order valence-electron chi connectivity index (χ2n) is 3.74. The molecule has 0 aromatic heterocycles. The summed E-state index contributed by atoms with van der Waals surface area (Å²) in [7, 11) is -2.55. The van der Waals surface area contributed by atoms with Gasteiger partial charge in [-0.15, -0.1) is 19.7 Å². The lowest BCUT2D eigenvalue weighted by Crippen LogP contribution is -2.44. The van der Waals surface area contributed by atoms with Crippen LogP contribution in [0, 0.1) is 5.41 Å². The Morgan fingerprint density at radius 1 is 0.941 bits per heavy atom. The standard InChI is InChI=1S/C13H24O3Si/c1-7-13(8-2,9-3)12-16-17(6,14-10-4)15-11-5/h7-9H,1-3,10-12H2,4-6H3. The molecule has 0 N–H and O–H groups in total. The first-order chi connectivity index (χ1) is 8.01. The predicted octanol–water partition coefficient (Wildman–Crippen LogP) is 3.19. The van der Waals surface area contributed by atoms with Crippen LogP contribution in [0.4, 0.5) is 0 Å². The van der Waals surface area contributed by atoms with Crippen LogP contribution in [-0.4, -0.2) is 28.6 Å². The first-order valence-corrected chi connectivity index (χ1v) is 8.06. The topological polar surface area (TPSA) is 27.7 Å².